The monoisotopic (exact) mass is 299 g/mol. The molecular formula is C14H21NO4S. The quantitative estimate of drug-likeness (QED) is 0.765. The number of unbranched alkanes of at least 4 members (excludes halogenated alkanes) is 1. The van der Waals surface area contributed by atoms with Crippen molar-refractivity contribution in [2.45, 2.75) is 43.7 Å². The SMILES string of the molecule is CCCCC(NCc1ccc(S(C)(=O)=O)cc1)C(=O)O. The number of benzene rings is 1. The summed E-state index contributed by atoms with van der Waals surface area (Å²) in [5.74, 6) is -0.855. The second-order valence-corrected chi connectivity index (χ2v) is 6.85. The number of carbonyl (C=O) groups is 1. The summed E-state index contributed by atoms with van der Waals surface area (Å²) in [6.45, 7) is 2.42. The molecule has 0 amide bonds. The summed E-state index contributed by atoms with van der Waals surface area (Å²) in [5.41, 5.74) is 0.861. The lowest BCUT2D eigenvalue weighted by molar-refractivity contribution is -0.139. The molecule has 2 N–H and O–H groups in total. The molecule has 1 aromatic rings. The van der Waals surface area contributed by atoms with Crippen LogP contribution in [0.1, 0.15) is 31.7 Å². The molecule has 0 aromatic heterocycles. The predicted octanol–water partition coefficient (Wildman–Crippen LogP) is 1.82. The number of hydrogen-bond donors (Lipinski definition) is 2. The smallest absolute Gasteiger partial charge is 0.320 e. The van der Waals surface area contributed by atoms with Gasteiger partial charge >= 0.3 is 5.97 Å². The molecule has 0 fully saturated rings. The molecule has 5 nitrogen and oxygen atoms in total. The maximum absolute atomic E-state index is 11.3. The Hall–Kier alpha value is -1.40. The largest absolute Gasteiger partial charge is 0.480 e. The molecule has 0 aliphatic rings. The van der Waals surface area contributed by atoms with Crippen molar-refractivity contribution in [3.05, 3.63) is 29.8 Å². The van der Waals surface area contributed by atoms with Gasteiger partial charge in [-0.05, 0) is 24.1 Å². The Balaban J connectivity index is 2.62. The van der Waals surface area contributed by atoms with Crippen LogP contribution in [0.3, 0.4) is 0 Å². The number of rotatable bonds is 8. The number of carboxylic acids is 1. The van der Waals surface area contributed by atoms with Crippen LogP contribution >= 0.6 is 0 Å². The summed E-state index contributed by atoms with van der Waals surface area (Å²) < 4.78 is 22.6. The standard InChI is InChI=1S/C14H21NO4S/c1-3-4-5-13(14(16)17)15-10-11-6-8-12(9-7-11)20(2,18)19/h6-9,13,15H,3-5,10H2,1-2H3,(H,16,17). The second-order valence-electron chi connectivity index (χ2n) is 4.83. The molecule has 0 bridgehead atoms. The lowest BCUT2D eigenvalue weighted by atomic mass is 10.1. The maximum atomic E-state index is 11.3. The van der Waals surface area contributed by atoms with Crippen LogP contribution < -0.4 is 5.32 Å². The molecule has 112 valence electrons. The van der Waals surface area contributed by atoms with Gasteiger partial charge in [0, 0.05) is 12.8 Å². The van der Waals surface area contributed by atoms with Crippen LogP contribution in [0.4, 0.5) is 0 Å². The highest BCUT2D eigenvalue weighted by atomic mass is 32.2. The third kappa shape index (κ3) is 5.30. The van der Waals surface area contributed by atoms with Gasteiger partial charge in [-0.15, -0.1) is 0 Å². The molecule has 0 saturated heterocycles. The minimum atomic E-state index is -3.19. The Morgan fingerprint density at radius 2 is 1.90 bits per heavy atom. The number of aliphatic carboxylic acids is 1. The van der Waals surface area contributed by atoms with E-state index in [1.54, 1.807) is 12.1 Å². The van der Waals surface area contributed by atoms with Gasteiger partial charge in [0.05, 0.1) is 4.90 Å². The zero-order valence-corrected chi connectivity index (χ0v) is 12.6. The van der Waals surface area contributed by atoms with Gasteiger partial charge in [0.25, 0.3) is 0 Å². The Labute approximate surface area is 119 Å². The summed E-state index contributed by atoms with van der Waals surface area (Å²) in [6, 6.07) is 5.90. The van der Waals surface area contributed by atoms with Crippen molar-refractivity contribution in [3.63, 3.8) is 0 Å². The highest BCUT2D eigenvalue weighted by molar-refractivity contribution is 7.90. The first-order valence-corrected chi connectivity index (χ1v) is 8.49. The zero-order chi connectivity index (χ0) is 15.2. The molecule has 0 heterocycles. The highest BCUT2D eigenvalue weighted by Crippen LogP contribution is 2.11. The third-order valence-corrected chi connectivity index (χ3v) is 4.18. The summed E-state index contributed by atoms with van der Waals surface area (Å²) in [7, 11) is -3.19. The Kier molecular flexibility index (Phi) is 6.16. The van der Waals surface area contributed by atoms with E-state index in [1.165, 1.54) is 12.1 Å². The molecular weight excluding hydrogens is 278 g/mol. The highest BCUT2D eigenvalue weighted by Gasteiger charge is 2.15. The minimum Gasteiger partial charge on any atom is -0.480 e. The van der Waals surface area contributed by atoms with E-state index in [-0.39, 0.29) is 4.90 Å². The molecule has 1 atom stereocenters. The summed E-state index contributed by atoms with van der Waals surface area (Å²) in [5, 5.41) is 12.1. The average Bonchev–Trinajstić information content (AvgIpc) is 2.38. The lowest BCUT2D eigenvalue weighted by Crippen LogP contribution is -2.36. The molecule has 0 radical (unpaired) electrons. The van der Waals surface area contributed by atoms with E-state index >= 15 is 0 Å². The van der Waals surface area contributed by atoms with Crippen LogP contribution in [0.5, 0.6) is 0 Å². The molecule has 20 heavy (non-hydrogen) atoms. The molecule has 1 aromatic carbocycles. The van der Waals surface area contributed by atoms with Gasteiger partial charge < -0.3 is 10.4 Å². The minimum absolute atomic E-state index is 0.266. The van der Waals surface area contributed by atoms with Crippen LogP contribution in [0.25, 0.3) is 0 Å². The van der Waals surface area contributed by atoms with Crippen molar-refractivity contribution < 1.29 is 18.3 Å². The van der Waals surface area contributed by atoms with Gasteiger partial charge in [0.15, 0.2) is 9.84 Å². The van der Waals surface area contributed by atoms with Crippen molar-refractivity contribution >= 4 is 15.8 Å². The number of hydrogen-bond acceptors (Lipinski definition) is 4. The van der Waals surface area contributed by atoms with Gasteiger partial charge in [-0.2, -0.15) is 0 Å². The van der Waals surface area contributed by atoms with Crippen molar-refractivity contribution in [1.29, 1.82) is 0 Å². The molecule has 0 saturated carbocycles. The van der Waals surface area contributed by atoms with E-state index in [9.17, 15) is 13.2 Å². The summed E-state index contributed by atoms with van der Waals surface area (Å²) in [4.78, 5) is 11.3. The van der Waals surface area contributed by atoms with Crippen LogP contribution in [-0.4, -0.2) is 31.8 Å². The number of nitrogens with one attached hydrogen (secondary N) is 1. The first kappa shape index (κ1) is 16.7. The molecule has 1 unspecified atom stereocenters. The lowest BCUT2D eigenvalue weighted by Gasteiger charge is -2.14. The van der Waals surface area contributed by atoms with Gasteiger partial charge in [-0.1, -0.05) is 31.9 Å². The van der Waals surface area contributed by atoms with Gasteiger partial charge in [0.1, 0.15) is 6.04 Å². The van der Waals surface area contributed by atoms with Gasteiger partial charge in [-0.25, -0.2) is 8.42 Å². The van der Waals surface area contributed by atoms with E-state index in [2.05, 4.69) is 5.32 Å². The van der Waals surface area contributed by atoms with Gasteiger partial charge in [-0.3, -0.25) is 4.79 Å². The van der Waals surface area contributed by atoms with Gasteiger partial charge in [0.2, 0.25) is 0 Å². The summed E-state index contributed by atoms with van der Waals surface area (Å²) >= 11 is 0. The number of carboxylic acid groups (broad SMARTS) is 1. The van der Waals surface area contributed by atoms with Crippen molar-refractivity contribution in [1.82, 2.24) is 5.32 Å². The number of sulfone groups is 1. The normalized spacial score (nSPS) is 13.1. The average molecular weight is 299 g/mol. The molecule has 0 aliphatic heterocycles. The van der Waals surface area contributed by atoms with E-state index in [0.717, 1.165) is 24.7 Å². The summed E-state index contributed by atoms with van der Waals surface area (Å²) in [6.07, 6.45) is 3.56. The van der Waals surface area contributed by atoms with Crippen LogP contribution in [0.2, 0.25) is 0 Å². The fourth-order valence-electron chi connectivity index (χ4n) is 1.82. The first-order chi connectivity index (χ1) is 9.34. The van der Waals surface area contributed by atoms with E-state index < -0.39 is 21.8 Å². The Morgan fingerprint density at radius 1 is 1.30 bits per heavy atom. The van der Waals surface area contributed by atoms with Crippen LogP contribution in [0.15, 0.2) is 29.2 Å². The van der Waals surface area contributed by atoms with Crippen molar-refractivity contribution in [2.24, 2.45) is 0 Å². The van der Waals surface area contributed by atoms with Crippen molar-refractivity contribution in [2.75, 3.05) is 6.26 Å². The van der Waals surface area contributed by atoms with Crippen LogP contribution in [-0.2, 0) is 21.2 Å². The van der Waals surface area contributed by atoms with E-state index in [4.69, 9.17) is 5.11 Å². The predicted molar refractivity (Wildman–Crippen MR) is 77.3 cm³/mol. The Morgan fingerprint density at radius 3 is 2.35 bits per heavy atom. The topological polar surface area (TPSA) is 83.5 Å². The molecule has 1 rings (SSSR count). The third-order valence-electron chi connectivity index (χ3n) is 3.05. The zero-order valence-electron chi connectivity index (χ0n) is 11.8. The maximum Gasteiger partial charge on any atom is 0.320 e. The molecule has 0 aliphatic carbocycles. The molecule has 6 heteroatoms. The molecule has 0 spiro atoms. The van der Waals surface area contributed by atoms with Crippen molar-refractivity contribution in [3.8, 4) is 0 Å². The van der Waals surface area contributed by atoms with Crippen LogP contribution in [0, 0.1) is 0 Å². The second kappa shape index (κ2) is 7.40. The van der Waals surface area contributed by atoms with E-state index in [0.29, 0.717) is 13.0 Å². The fraction of sp³-hybridized carbons (Fsp3) is 0.500. The first-order valence-electron chi connectivity index (χ1n) is 6.59. The fourth-order valence-corrected chi connectivity index (χ4v) is 2.45. The Bertz CT molecular complexity index is 537. The van der Waals surface area contributed by atoms with E-state index in [1.807, 2.05) is 6.92 Å².